The molecule has 1 nitrogen and oxygen atoms in total. The Morgan fingerprint density at radius 3 is 2.75 bits per heavy atom. The molecule has 1 N–H and O–H groups in total. The zero-order valence-electron chi connectivity index (χ0n) is 6.75. The zero-order valence-corrected chi connectivity index (χ0v) is 6.75. The first-order chi connectivity index (χ1) is 5.83. The van der Waals surface area contributed by atoms with Crippen LogP contribution in [0.25, 0.3) is 0 Å². The molecule has 1 aromatic carbocycles. The molecule has 0 spiro atoms. The molecule has 1 aliphatic carbocycles. The van der Waals surface area contributed by atoms with Crippen molar-refractivity contribution < 1.29 is 5.11 Å². The Labute approximate surface area is 72.0 Å². The van der Waals surface area contributed by atoms with Crippen LogP contribution in [0.4, 0.5) is 0 Å². The van der Waals surface area contributed by atoms with Gasteiger partial charge in [-0.25, -0.2) is 0 Å². The largest absolute Gasteiger partial charge is 0.508 e. The summed E-state index contributed by atoms with van der Waals surface area (Å²) in [7, 11) is 0. The third kappa shape index (κ3) is 1.06. The van der Waals surface area contributed by atoms with E-state index in [2.05, 4.69) is 5.92 Å². The van der Waals surface area contributed by atoms with Gasteiger partial charge in [-0.3, -0.25) is 0 Å². The Morgan fingerprint density at radius 2 is 2.17 bits per heavy atom. The maximum absolute atomic E-state index is 9.54. The highest BCUT2D eigenvalue weighted by molar-refractivity contribution is 5.50. The molecule has 1 aliphatic rings. The van der Waals surface area contributed by atoms with E-state index in [4.69, 9.17) is 6.42 Å². The van der Waals surface area contributed by atoms with E-state index in [0.717, 1.165) is 24.0 Å². The van der Waals surface area contributed by atoms with Gasteiger partial charge in [-0.1, -0.05) is 12.0 Å². The number of rotatable bonds is 1. The number of hydrogen-bond donors (Lipinski definition) is 1. The number of phenols is 1. The third-order valence-electron chi connectivity index (χ3n) is 2.22. The molecule has 2 rings (SSSR count). The van der Waals surface area contributed by atoms with Crippen molar-refractivity contribution in [3.63, 3.8) is 0 Å². The average Bonchev–Trinajstić information content (AvgIpc) is 2.87. The molecule has 0 aliphatic heterocycles. The van der Waals surface area contributed by atoms with Gasteiger partial charge in [-0.2, -0.15) is 0 Å². The minimum Gasteiger partial charge on any atom is -0.508 e. The van der Waals surface area contributed by atoms with Crippen LogP contribution in [0.1, 0.15) is 29.9 Å². The molecular weight excluding hydrogens is 148 g/mol. The van der Waals surface area contributed by atoms with E-state index in [1.54, 1.807) is 12.1 Å². The summed E-state index contributed by atoms with van der Waals surface area (Å²) in [6.07, 6.45) is 7.64. The van der Waals surface area contributed by atoms with Crippen LogP contribution in [0.5, 0.6) is 5.75 Å². The summed E-state index contributed by atoms with van der Waals surface area (Å²) in [6, 6.07) is 5.37. The van der Waals surface area contributed by atoms with Crippen molar-refractivity contribution in [2.75, 3.05) is 0 Å². The van der Waals surface area contributed by atoms with Gasteiger partial charge in [0.25, 0.3) is 0 Å². The topological polar surface area (TPSA) is 20.2 Å². The van der Waals surface area contributed by atoms with Crippen LogP contribution in [-0.4, -0.2) is 5.11 Å². The molecule has 0 heterocycles. The van der Waals surface area contributed by atoms with Gasteiger partial charge in [0.15, 0.2) is 0 Å². The molecular formula is C11H10O. The predicted molar refractivity (Wildman–Crippen MR) is 48.0 cm³/mol. The zero-order chi connectivity index (χ0) is 8.55. The summed E-state index contributed by atoms with van der Waals surface area (Å²) < 4.78 is 0. The molecule has 0 bridgehead atoms. The smallest absolute Gasteiger partial charge is 0.120 e. The van der Waals surface area contributed by atoms with Crippen LogP contribution in [-0.2, 0) is 0 Å². The normalized spacial score (nSPS) is 15.6. The van der Waals surface area contributed by atoms with E-state index in [1.807, 2.05) is 6.07 Å². The highest BCUT2D eigenvalue weighted by atomic mass is 16.3. The minimum absolute atomic E-state index is 0.355. The molecule has 0 saturated heterocycles. The van der Waals surface area contributed by atoms with E-state index < -0.39 is 0 Å². The molecule has 0 atom stereocenters. The van der Waals surface area contributed by atoms with Crippen molar-refractivity contribution in [2.24, 2.45) is 0 Å². The summed E-state index contributed by atoms with van der Waals surface area (Å²) in [5, 5.41) is 9.54. The van der Waals surface area contributed by atoms with E-state index >= 15 is 0 Å². The van der Waals surface area contributed by atoms with Gasteiger partial charge in [0, 0.05) is 11.1 Å². The quantitative estimate of drug-likeness (QED) is 0.621. The first-order valence-corrected chi connectivity index (χ1v) is 4.11. The standard InChI is InChI=1S/C11H10O/c1-2-8-4-3-5-10(12)11(8)9-6-7-9/h1,3-5,9,12H,6-7H2. The molecule has 0 radical (unpaired) electrons. The summed E-state index contributed by atoms with van der Waals surface area (Å²) in [6.45, 7) is 0. The Bertz CT molecular complexity index is 343. The van der Waals surface area contributed by atoms with Gasteiger partial charge < -0.3 is 5.11 Å². The molecule has 0 unspecified atom stereocenters. The molecule has 1 aromatic rings. The Kier molecular flexibility index (Phi) is 1.55. The fourth-order valence-electron chi connectivity index (χ4n) is 1.48. The van der Waals surface area contributed by atoms with Gasteiger partial charge in [-0.15, -0.1) is 6.42 Å². The molecule has 12 heavy (non-hydrogen) atoms. The molecule has 60 valence electrons. The third-order valence-corrected chi connectivity index (χ3v) is 2.22. The second-order valence-electron chi connectivity index (χ2n) is 3.16. The highest BCUT2D eigenvalue weighted by Crippen LogP contribution is 2.45. The Balaban J connectivity index is 2.54. The summed E-state index contributed by atoms with van der Waals surface area (Å²) in [5.74, 6) is 3.46. The minimum atomic E-state index is 0.355. The molecule has 0 amide bonds. The molecule has 1 fully saturated rings. The molecule has 0 aromatic heterocycles. The van der Waals surface area contributed by atoms with E-state index in [0.29, 0.717) is 11.7 Å². The van der Waals surface area contributed by atoms with Crippen molar-refractivity contribution in [3.8, 4) is 18.1 Å². The van der Waals surface area contributed by atoms with Gasteiger partial charge in [0.1, 0.15) is 5.75 Å². The van der Waals surface area contributed by atoms with Crippen LogP contribution in [0, 0.1) is 12.3 Å². The van der Waals surface area contributed by atoms with Crippen LogP contribution in [0.2, 0.25) is 0 Å². The Hall–Kier alpha value is -1.42. The van der Waals surface area contributed by atoms with Gasteiger partial charge in [-0.05, 0) is 30.9 Å². The molecule has 1 heteroatoms. The highest BCUT2D eigenvalue weighted by Gasteiger charge is 2.28. The maximum Gasteiger partial charge on any atom is 0.120 e. The van der Waals surface area contributed by atoms with Crippen LogP contribution in [0.3, 0.4) is 0 Å². The number of aromatic hydroxyl groups is 1. The monoisotopic (exact) mass is 158 g/mol. The second-order valence-corrected chi connectivity index (χ2v) is 3.16. The summed E-state index contributed by atoms with van der Waals surface area (Å²) in [4.78, 5) is 0. The average molecular weight is 158 g/mol. The lowest BCUT2D eigenvalue weighted by Gasteiger charge is -2.04. The fourth-order valence-corrected chi connectivity index (χ4v) is 1.48. The van der Waals surface area contributed by atoms with Crippen molar-refractivity contribution in [1.29, 1.82) is 0 Å². The fraction of sp³-hybridized carbons (Fsp3) is 0.273. The van der Waals surface area contributed by atoms with Crippen molar-refractivity contribution in [2.45, 2.75) is 18.8 Å². The van der Waals surface area contributed by atoms with Crippen LogP contribution >= 0.6 is 0 Å². The number of benzene rings is 1. The van der Waals surface area contributed by atoms with Crippen molar-refractivity contribution in [1.82, 2.24) is 0 Å². The van der Waals surface area contributed by atoms with Gasteiger partial charge in [0.2, 0.25) is 0 Å². The first-order valence-electron chi connectivity index (χ1n) is 4.11. The van der Waals surface area contributed by atoms with E-state index in [-0.39, 0.29) is 0 Å². The summed E-state index contributed by atoms with van der Waals surface area (Å²) in [5.41, 5.74) is 1.82. The Morgan fingerprint density at radius 1 is 1.42 bits per heavy atom. The van der Waals surface area contributed by atoms with E-state index in [1.165, 1.54) is 0 Å². The second kappa shape index (κ2) is 2.57. The van der Waals surface area contributed by atoms with E-state index in [9.17, 15) is 5.11 Å². The number of phenolic OH excluding ortho intramolecular Hbond substituents is 1. The maximum atomic E-state index is 9.54. The lowest BCUT2D eigenvalue weighted by Crippen LogP contribution is -1.86. The van der Waals surface area contributed by atoms with Gasteiger partial charge >= 0.3 is 0 Å². The lowest BCUT2D eigenvalue weighted by atomic mass is 10.0. The van der Waals surface area contributed by atoms with Crippen molar-refractivity contribution >= 4 is 0 Å². The molecule has 1 saturated carbocycles. The number of terminal acetylenes is 1. The van der Waals surface area contributed by atoms with Crippen LogP contribution in [0.15, 0.2) is 18.2 Å². The van der Waals surface area contributed by atoms with Gasteiger partial charge in [0.05, 0.1) is 0 Å². The predicted octanol–water partition coefficient (Wildman–Crippen LogP) is 2.25. The van der Waals surface area contributed by atoms with Crippen molar-refractivity contribution in [3.05, 3.63) is 29.3 Å². The van der Waals surface area contributed by atoms with Crippen LogP contribution < -0.4 is 0 Å². The SMILES string of the molecule is C#Cc1cccc(O)c1C1CC1. The number of hydrogen-bond acceptors (Lipinski definition) is 1. The summed E-state index contributed by atoms with van der Waals surface area (Å²) >= 11 is 0. The lowest BCUT2D eigenvalue weighted by molar-refractivity contribution is 0.468. The first kappa shape index (κ1) is 7.24.